The molecule has 4 rings (SSSR count). The fourth-order valence-corrected chi connectivity index (χ4v) is 3.61. The zero-order valence-corrected chi connectivity index (χ0v) is 13.4. The molecular weight excluding hydrogens is 292 g/mol. The number of aromatic nitrogens is 3. The SMILES string of the molecule is c1n[nH]c(C2CCN(Cc3ccc(C4CCCCO4)o3)CC2)n1. The number of hydrogen-bond donors (Lipinski definition) is 1. The molecule has 23 heavy (non-hydrogen) atoms. The highest BCUT2D eigenvalue weighted by molar-refractivity contribution is 5.10. The van der Waals surface area contributed by atoms with Gasteiger partial charge in [0, 0.05) is 12.5 Å². The van der Waals surface area contributed by atoms with E-state index in [0.29, 0.717) is 5.92 Å². The second kappa shape index (κ2) is 6.84. The topological polar surface area (TPSA) is 67.2 Å². The smallest absolute Gasteiger partial charge is 0.137 e. The molecule has 0 bridgehead atoms. The van der Waals surface area contributed by atoms with Gasteiger partial charge in [-0.2, -0.15) is 5.10 Å². The Balaban J connectivity index is 1.30. The average Bonchev–Trinajstić information content (AvgIpc) is 3.28. The van der Waals surface area contributed by atoms with Crippen LogP contribution in [0.2, 0.25) is 0 Å². The second-order valence-electron chi connectivity index (χ2n) is 6.58. The fraction of sp³-hybridized carbons (Fsp3) is 0.647. The molecule has 0 aromatic carbocycles. The van der Waals surface area contributed by atoms with Gasteiger partial charge in [0.15, 0.2) is 0 Å². The van der Waals surface area contributed by atoms with Crippen LogP contribution in [0.25, 0.3) is 0 Å². The molecule has 1 unspecified atom stereocenters. The lowest BCUT2D eigenvalue weighted by atomic mass is 9.96. The largest absolute Gasteiger partial charge is 0.462 e. The number of aromatic amines is 1. The maximum Gasteiger partial charge on any atom is 0.137 e. The van der Waals surface area contributed by atoms with E-state index in [1.165, 1.54) is 12.8 Å². The van der Waals surface area contributed by atoms with Crippen molar-refractivity contribution in [3.63, 3.8) is 0 Å². The summed E-state index contributed by atoms with van der Waals surface area (Å²) in [6.45, 7) is 3.88. The van der Waals surface area contributed by atoms with Gasteiger partial charge in [-0.1, -0.05) is 0 Å². The van der Waals surface area contributed by atoms with Crippen LogP contribution in [-0.4, -0.2) is 39.8 Å². The maximum absolute atomic E-state index is 6.03. The van der Waals surface area contributed by atoms with E-state index in [4.69, 9.17) is 9.15 Å². The summed E-state index contributed by atoms with van der Waals surface area (Å²) in [5, 5.41) is 6.95. The Morgan fingerprint density at radius 3 is 2.83 bits per heavy atom. The normalized spacial score (nSPS) is 24.1. The van der Waals surface area contributed by atoms with Crippen LogP contribution in [0.4, 0.5) is 0 Å². The van der Waals surface area contributed by atoms with Crippen molar-refractivity contribution < 1.29 is 9.15 Å². The summed E-state index contributed by atoms with van der Waals surface area (Å²) in [6, 6.07) is 4.20. The number of hydrogen-bond acceptors (Lipinski definition) is 5. The van der Waals surface area contributed by atoms with Crippen LogP contribution in [0.15, 0.2) is 22.9 Å². The number of rotatable bonds is 4. The highest BCUT2D eigenvalue weighted by Crippen LogP contribution is 2.30. The van der Waals surface area contributed by atoms with E-state index < -0.39 is 0 Å². The number of piperidine rings is 1. The van der Waals surface area contributed by atoms with Gasteiger partial charge >= 0.3 is 0 Å². The van der Waals surface area contributed by atoms with Crippen molar-refractivity contribution in [2.75, 3.05) is 19.7 Å². The van der Waals surface area contributed by atoms with Crippen molar-refractivity contribution in [3.05, 3.63) is 35.8 Å². The first-order valence-corrected chi connectivity index (χ1v) is 8.66. The molecule has 6 nitrogen and oxygen atoms in total. The molecular formula is C17H24N4O2. The Morgan fingerprint density at radius 2 is 2.09 bits per heavy atom. The summed E-state index contributed by atoms with van der Waals surface area (Å²) in [5.74, 6) is 3.58. The first-order valence-electron chi connectivity index (χ1n) is 8.66. The molecule has 2 aromatic rings. The quantitative estimate of drug-likeness (QED) is 0.939. The monoisotopic (exact) mass is 316 g/mol. The van der Waals surface area contributed by atoms with E-state index in [1.54, 1.807) is 6.33 Å². The van der Waals surface area contributed by atoms with Crippen LogP contribution in [0.3, 0.4) is 0 Å². The van der Waals surface area contributed by atoms with E-state index in [-0.39, 0.29) is 6.10 Å². The lowest BCUT2D eigenvalue weighted by Gasteiger charge is -2.30. The predicted molar refractivity (Wildman–Crippen MR) is 84.9 cm³/mol. The molecule has 2 aliphatic rings. The highest BCUT2D eigenvalue weighted by atomic mass is 16.5. The van der Waals surface area contributed by atoms with Crippen molar-refractivity contribution in [2.24, 2.45) is 0 Å². The third-order valence-electron chi connectivity index (χ3n) is 4.97. The van der Waals surface area contributed by atoms with E-state index in [1.807, 2.05) is 0 Å². The van der Waals surface area contributed by atoms with Gasteiger partial charge in [-0.25, -0.2) is 4.98 Å². The Morgan fingerprint density at radius 1 is 1.17 bits per heavy atom. The van der Waals surface area contributed by atoms with Crippen LogP contribution >= 0.6 is 0 Å². The Kier molecular flexibility index (Phi) is 4.43. The average molecular weight is 316 g/mol. The van der Waals surface area contributed by atoms with Crippen LogP contribution in [0, 0.1) is 0 Å². The van der Waals surface area contributed by atoms with Gasteiger partial charge in [0.05, 0.1) is 6.54 Å². The fourth-order valence-electron chi connectivity index (χ4n) is 3.61. The van der Waals surface area contributed by atoms with Crippen LogP contribution in [0.5, 0.6) is 0 Å². The summed E-state index contributed by atoms with van der Waals surface area (Å²) in [5.41, 5.74) is 0. The van der Waals surface area contributed by atoms with E-state index >= 15 is 0 Å². The highest BCUT2D eigenvalue weighted by Gasteiger charge is 2.24. The van der Waals surface area contributed by atoms with E-state index in [9.17, 15) is 0 Å². The van der Waals surface area contributed by atoms with Crippen molar-refractivity contribution >= 4 is 0 Å². The third-order valence-corrected chi connectivity index (χ3v) is 4.97. The van der Waals surface area contributed by atoms with Gasteiger partial charge in [0.2, 0.25) is 0 Å². The first-order chi connectivity index (χ1) is 11.4. The summed E-state index contributed by atoms with van der Waals surface area (Å²) >= 11 is 0. The van der Waals surface area contributed by atoms with Gasteiger partial charge in [-0.05, 0) is 57.3 Å². The number of furan rings is 1. The number of ether oxygens (including phenoxy) is 1. The molecule has 0 aliphatic carbocycles. The predicted octanol–water partition coefficient (Wildman–Crippen LogP) is 3.02. The van der Waals surface area contributed by atoms with E-state index in [2.05, 4.69) is 32.2 Å². The minimum atomic E-state index is 0.162. The third kappa shape index (κ3) is 3.48. The zero-order chi connectivity index (χ0) is 15.5. The second-order valence-corrected chi connectivity index (χ2v) is 6.58. The van der Waals surface area contributed by atoms with Gasteiger partial charge in [-0.15, -0.1) is 0 Å². The molecule has 0 amide bonds. The maximum atomic E-state index is 6.03. The van der Waals surface area contributed by atoms with Gasteiger partial charge < -0.3 is 9.15 Å². The minimum Gasteiger partial charge on any atom is -0.462 e. The first kappa shape index (κ1) is 14.9. The number of likely N-dealkylation sites (tertiary alicyclic amines) is 1. The summed E-state index contributed by atoms with van der Waals surface area (Å²) in [7, 11) is 0. The molecule has 124 valence electrons. The summed E-state index contributed by atoms with van der Waals surface area (Å²) in [6.07, 6.45) is 7.48. The summed E-state index contributed by atoms with van der Waals surface area (Å²) in [4.78, 5) is 6.74. The van der Waals surface area contributed by atoms with Gasteiger partial charge in [-0.3, -0.25) is 10.00 Å². The lowest BCUT2D eigenvalue weighted by Crippen LogP contribution is -2.32. The van der Waals surface area contributed by atoms with Crippen LogP contribution in [0.1, 0.15) is 61.5 Å². The number of H-pyrrole nitrogens is 1. The molecule has 2 fully saturated rings. The summed E-state index contributed by atoms with van der Waals surface area (Å²) < 4.78 is 11.8. The van der Waals surface area contributed by atoms with Gasteiger partial charge in [0.1, 0.15) is 29.8 Å². The van der Waals surface area contributed by atoms with Gasteiger partial charge in [0.25, 0.3) is 0 Å². The standard InChI is InChI=1S/C17H24N4O2/c1-2-10-22-15(3-1)16-5-4-14(23-16)11-21-8-6-13(7-9-21)17-18-12-19-20-17/h4-5,12-13,15H,1-3,6-11H2,(H,18,19,20). The Bertz CT molecular complexity index is 596. The number of nitrogens with one attached hydrogen (secondary N) is 1. The molecule has 0 radical (unpaired) electrons. The lowest BCUT2D eigenvalue weighted by molar-refractivity contribution is 0.000764. The van der Waals surface area contributed by atoms with Crippen molar-refractivity contribution in [1.82, 2.24) is 20.1 Å². The molecule has 2 aromatic heterocycles. The molecule has 2 aliphatic heterocycles. The van der Waals surface area contributed by atoms with Crippen molar-refractivity contribution in [3.8, 4) is 0 Å². The molecule has 1 N–H and O–H groups in total. The van der Waals surface area contributed by atoms with Crippen molar-refractivity contribution in [1.29, 1.82) is 0 Å². The number of nitrogens with zero attached hydrogens (tertiary/aromatic N) is 3. The molecule has 1 atom stereocenters. The molecule has 0 spiro atoms. The zero-order valence-electron chi connectivity index (χ0n) is 13.4. The Hall–Kier alpha value is -1.66. The van der Waals surface area contributed by atoms with Crippen LogP contribution in [-0.2, 0) is 11.3 Å². The van der Waals surface area contributed by atoms with E-state index in [0.717, 1.165) is 62.8 Å². The minimum absolute atomic E-state index is 0.162. The van der Waals surface area contributed by atoms with Crippen LogP contribution < -0.4 is 0 Å². The molecule has 2 saturated heterocycles. The molecule has 4 heterocycles. The molecule has 0 saturated carbocycles. The molecule has 6 heteroatoms. The Labute approximate surface area is 136 Å². The van der Waals surface area contributed by atoms with Crippen molar-refractivity contribution in [2.45, 2.75) is 50.7 Å².